The van der Waals surface area contributed by atoms with E-state index in [2.05, 4.69) is 13.2 Å². The number of benzene rings is 2. The molecular formula is C24H24N2O3. The first kappa shape index (κ1) is 20.3. The fraction of sp³-hybridized carbons (Fsp3) is 0.208. The van der Waals surface area contributed by atoms with Gasteiger partial charge in [0.25, 0.3) is 0 Å². The number of hydrogen-bond acceptors (Lipinski definition) is 3. The van der Waals surface area contributed by atoms with Gasteiger partial charge in [0.1, 0.15) is 5.41 Å². The first-order valence-electron chi connectivity index (χ1n) is 9.51. The minimum atomic E-state index is -1.40. The van der Waals surface area contributed by atoms with Crippen LogP contribution in [0.3, 0.4) is 0 Å². The molecule has 3 rings (SSSR count). The van der Waals surface area contributed by atoms with Gasteiger partial charge in [0.05, 0.1) is 13.1 Å². The molecule has 0 radical (unpaired) electrons. The number of amides is 4. The van der Waals surface area contributed by atoms with E-state index in [0.717, 1.165) is 11.1 Å². The van der Waals surface area contributed by atoms with Crippen LogP contribution in [0.15, 0.2) is 86.0 Å². The molecule has 4 amide bonds. The zero-order chi connectivity index (χ0) is 20.9. The summed E-state index contributed by atoms with van der Waals surface area (Å²) in [5.41, 5.74) is 0.227. The number of carbonyl (C=O) groups excluding carboxylic acids is 3. The molecule has 2 aromatic carbocycles. The standard InChI is InChI=1S/C24H24N2O3/c1-3-15-24(16-4-2)21(27)25(17-19-11-7-5-8-12-19)23(29)26(22(24)28)18-20-13-9-6-10-14-20/h3-14H,1-2,15-18H2. The molecule has 1 saturated heterocycles. The van der Waals surface area contributed by atoms with E-state index in [4.69, 9.17) is 0 Å². The molecular weight excluding hydrogens is 364 g/mol. The van der Waals surface area contributed by atoms with Crippen molar-refractivity contribution in [1.82, 2.24) is 9.80 Å². The van der Waals surface area contributed by atoms with Crippen LogP contribution in [0.5, 0.6) is 0 Å². The van der Waals surface area contributed by atoms with Gasteiger partial charge in [0.15, 0.2) is 0 Å². The number of imide groups is 2. The lowest BCUT2D eigenvalue weighted by Crippen LogP contribution is -2.64. The quantitative estimate of drug-likeness (QED) is 0.500. The highest BCUT2D eigenvalue weighted by molar-refractivity contribution is 6.19. The average molecular weight is 388 g/mol. The minimum Gasteiger partial charge on any atom is -0.273 e. The highest BCUT2D eigenvalue weighted by Crippen LogP contribution is 2.38. The SMILES string of the molecule is C=CCC1(CC=C)C(=O)N(Cc2ccccc2)C(=O)N(Cc2ccccc2)C1=O. The topological polar surface area (TPSA) is 57.7 Å². The first-order valence-corrected chi connectivity index (χ1v) is 9.51. The highest BCUT2D eigenvalue weighted by atomic mass is 16.2. The van der Waals surface area contributed by atoms with E-state index in [1.54, 1.807) is 12.2 Å². The van der Waals surface area contributed by atoms with Gasteiger partial charge in [0.2, 0.25) is 11.8 Å². The number of nitrogens with zero attached hydrogens (tertiary/aromatic N) is 2. The molecule has 0 aliphatic carbocycles. The zero-order valence-electron chi connectivity index (χ0n) is 16.3. The zero-order valence-corrected chi connectivity index (χ0v) is 16.3. The van der Waals surface area contributed by atoms with Crippen LogP contribution < -0.4 is 0 Å². The Morgan fingerprint density at radius 3 is 1.41 bits per heavy atom. The molecule has 29 heavy (non-hydrogen) atoms. The molecule has 1 heterocycles. The molecule has 5 nitrogen and oxygen atoms in total. The van der Waals surface area contributed by atoms with Crippen LogP contribution in [-0.4, -0.2) is 27.6 Å². The van der Waals surface area contributed by atoms with Gasteiger partial charge in [-0.15, -0.1) is 13.2 Å². The summed E-state index contributed by atoms with van der Waals surface area (Å²) in [5, 5.41) is 0. The summed E-state index contributed by atoms with van der Waals surface area (Å²) in [5.74, 6) is -0.999. The van der Waals surface area contributed by atoms with Gasteiger partial charge in [-0.1, -0.05) is 72.8 Å². The van der Waals surface area contributed by atoms with Crippen molar-refractivity contribution in [3.05, 3.63) is 97.1 Å². The Bertz CT molecular complexity index is 846. The third kappa shape index (κ3) is 3.90. The normalized spacial score (nSPS) is 16.1. The Balaban J connectivity index is 2.04. The van der Waals surface area contributed by atoms with Crippen molar-refractivity contribution in [3.8, 4) is 0 Å². The molecule has 148 valence electrons. The third-order valence-corrected chi connectivity index (χ3v) is 5.12. The maximum Gasteiger partial charge on any atom is 0.334 e. The van der Waals surface area contributed by atoms with Crippen LogP contribution in [-0.2, 0) is 22.7 Å². The summed E-state index contributed by atoms with van der Waals surface area (Å²) in [6, 6.07) is 17.9. The summed E-state index contributed by atoms with van der Waals surface area (Å²) in [6.07, 6.45) is 3.38. The summed E-state index contributed by atoms with van der Waals surface area (Å²) in [7, 11) is 0. The largest absolute Gasteiger partial charge is 0.334 e. The lowest BCUT2D eigenvalue weighted by Gasteiger charge is -2.43. The van der Waals surface area contributed by atoms with Crippen molar-refractivity contribution in [2.45, 2.75) is 25.9 Å². The predicted molar refractivity (Wildman–Crippen MR) is 111 cm³/mol. The number of barbiturate groups is 1. The molecule has 0 bridgehead atoms. The van der Waals surface area contributed by atoms with Gasteiger partial charge in [-0.2, -0.15) is 0 Å². The molecule has 0 unspecified atom stereocenters. The Kier molecular flexibility index (Phi) is 6.07. The molecule has 1 fully saturated rings. The summed E-state index contributed by atoms with van der Waals surface area (Å²) in [4.78, 5) is 42.4. The number of rotatable bonds is 8. The molecule has 1 aliphatic rings. The smallest absolute Gasteiger partial charge is 0.273 e. The Labute approximate surface area is 170 Å². The fourth-order valence-corrected chi connectivity index (χ4v) is 3.66. The summed E-state index contributed by atoms with van der Waals surface area (Å²) in [6.45, 7) is 7.66. The molecule has 2 aromatic rings. The molecule has 0 atom stereocenters. The van der Waals surface area contributed by atoms with Crippen LogP contribution in [0, 0.1) is 5.41 Å². The van der Waals surface area contributed by atoms with Crippen molar-refractivity contribution in [2.75, 3.05) is 0 Å². The second-order valence-corrected chi connectivity index (χ2v) is 7.10. The highest BCUT2D eigenvalue weighted by Gasteiger charge is 2.55. The lowest BCUT2D eigenvalue weighted by atomic mass is 9.76. The van der Waals surface area contributed by atoms with Gasteiger partial charge in [-0.25, -0.2) is 4.79 Å². The van der Waals surface area contributed by atoms with Crippen LogP contribution in [0.1, 0.15) is 24.0 Å². The molecule has 1 aliphatic heterocycles. The minimum absolute atomic E-state index is 0.104. The second-order valence-electron chi connectivity index (χ2n) is 7.10. The van der Waals surface area contributed by atoms with Crippen LogP contribution in [0.4, 0.5) is 4.79 Å². The van der Waals surface area contributed by atoms with E-state index in [1.807, 2.05) is 60.7 Å². The van der Waals surface area contributed by atoms with Crippen molar-refractivity contribution >= 4 is 17.8 Å². The third-order valence-electron chi connectivity index (χ3n) is 5.12. The second kappa shape index (κ2) is 8.69. The first-order chi connectivity index (χ1) is 14.0. The van der Waals surface area contributed by atoms with Crippen molar-refractivity contribution in [1.29, 1.82) is 0 Å². The van der Waals surface area contributed by atoms with E-state index >= 15 is 0 Å². The maximum absolute atomic E-state index is 13.4. The number of carbonyl (C=O) groups is 3. The van der Waals surface area contributed by atoms with Crippen molar-refractivity contribution in [2.24, 2.45) is 5.41 Å². The Hall–Kier alpha value is -3.47. The molecule has 0 N–H and O–H groups in total. The van der Waals surface area contributed by atoms with Gasteiger partial charge < -0.3 is 0 Å². The molecule has 0 saturated carbocycles. The van der Waals surface area contributed by atoms with Gasteiger partial charge in [0, 0.05) is 0 Å². The van der Waals surface area contributed by atoms with E-state index < -0.39 is 23.3 Å². The van der Waals surface area contributed by atoms with E-state index in [9.17, 15) is 14.4 Å². The van der Waals surface area contributed by atoms with Gasteiger partial charge >= 0.3 is 6.03 Å². The predicted octanol–water partition coefficient (Wildman–Crippen LogP) is 4.32. The van der Waals surface area contributed by atoms with Gasteiger partial charge in [-0.3, -0.25) is 19.4 Å². The number of hydrogen-bond donors (Lipinski definition) is 0. The van der Waals surface area contributed by atoms with Gasteiger partial charge in [-0.05, 0) is 24.0 Å². The summed E-state index contributed by atoms with van der Waals surface area (Å²) >= 11 is 0. The lowest BCUT2D eigenvalue weighted by molar-refractivity contribution is -0.159. The maximum atomic E-state index is 13.4. The van der Waals surface area contributed by atoms with E-state index in [-0.39, 0.29) is 25.9 Å². The Morgan fingerprint density at radius 1 is 0.690 bits per heavy atom. The monoisotopic (exact) mass is 388 g/mol. The van der Waals surface area contributed by atoms with E-state index in [1.165, 1.54) is 9.80 Å². The number of allylic oxidation sites excluding steroid dienone is 2. The van der Waals surface area contributed by atoms with Crippen molar-refractivity contribution < 1.29 is 14.4 Å². The summed E-state index contributed by atoms with van der Waals surface area (Å²) < 4.78 is 0. The van der Waals surface area contributed by atoms with E-state index in [0.29, 0.717) is 0 Å². The molecule has 0 spiro atoms. The van der Waals surface area contributed by atoms with Crippen molar-refractivity contribution in [3.63, 3.8) is 0 Å². The Morgan fingerprint density at radius 2 is 1.07 bits per heavy atom. The molecule has 5 heteroatoms. The van der Waals surface area contributed by atoms with Crippen LogP contribution in [0.2, 0.25) is 0 Å². The molecule has 0 aromatic heterocycles. The van der Waals surface area contributed by atoms with Crippen LogP contribution >= 0.6 is 0 Å². The number of urea groups is 1. The average Bonchev–Trinajstić information content (AvgIpc) is 2.75. The fourth-order valence-electron chi connectivity index (χ4n) is 3.66. The van der Waals surface area contributed by atoms with Crippen LogP contribution in [0.25, 0.3) is 0 Å².